The number of aromatic amines is 1. The summed E-state index contributed by atoms with van der Waals surface area (Å²) in [4.78, 5) is 15.4. The van der Waals surface area contributed by atoms with Gasteiger partial charge in [-0.1, -0.05) is 11.8 Å². The molecule has 0 amide bonds. The molecule has 0 saturated carbocycles. The highest BCUT2D eigenvalue weighted by Gasteiger charge is 2.11. The molecule has 6 nitrogen and oxygen atoms in total. The molecular formula is C14H11N5O. The van der Waals surface area contributed by atoms with Gasteiger partial charge in [0.15, 0.2) is 0 Å². The maximum Gasteiger partial charge on any atom is 0.220 e. The fourth-order valence-corrected chi connectivity index (χ4v) is 2.02. The minimum Gasteiger partial charge on any atom is -0.384 e. The molecule has 98 valence electrons. The van der Waals surface area contributed by atoms with Crippen molar-refractivity contribution in [2.45, 2.75) is 0 Å². The van der Waals surface area contributed by atoms with Crippen LogP contribution in [0.2, 0.25) is 0 Å². The topological polar surface area (TPSA) is 101 Å². The van der Waals surface area contributed by atoms with Crippen molar-refractivity contribution < 1.29 is 5.11 Å². The van der Waals surface area contributed by atoms with Crippen LogP contribution in [-0.4, -0.2) is 31.6 Å². The minimum atomic E-state index is -0.190. The third-order valence-electron chi connectivity index (χ3n) is 2.83. The summed E-state index contributed by atoms with van der Waals surface area (Å²) < 4.78 is 0. The lowest BCUT2D eigenvalue weighted by Crippen LogP contribution is -1.95. The molecule has 0 saturated heterocycles. The molecule has 4 N–H and O–H groups in total. The van der Waals surface area contributed by atoms with Gasteiger partial charge >= 0.3 is 0 Å². The Hall–Kier alpha value is -2.91. The Kier molecular flexibility index (Phi) is 3.03. The van der Waals surface area contributed by atoms with Crippen molar-refractivity contribution in [2.75, 3.05) is 12.3 Å². The number of hydrogen-bond donors (Lipinski definition) is 3. The van der Waals surface area contributed by atoms with Gasteiger partial charge in [-0.05, 0) is 12.1 Å². The van der Waals surface area contributed by atoms with E-state index in [1.165, 1.54) is 0 Å². The molecule has 3 rings (SSSR count). The zero-order valence-corrected chi connectivity index (χ0v) is 10.5. The fraction of sp³-hybridized carbons (Fsp3) is 0.0714. The van der Waals surface area contributed by atoms with Gasteiger partial charge in [-0.2, -0.15) is 0 Å². The van der Waals surface area contributed by atoms with Gasteiger partial charge in [0.05, 0.1) is 5.69 Å². The van der Waals surface area contributed by atoms with Crippen LogP contribution >= 0.6 is 0 Å². The number of aromatic nitrogens is 4. The number of aliphatic hydroxyl groups excluding tert-OH is 1. The summed E-state index contributed by atoms with van der Waals surface area (Å²) in [6, 6.07) is 3.57. The minimum absolute atomic E-state index is 0.190. The lowest BCUT2D eigenvalue weighted by Gasteiger charge is -2.01. The van der Waals surface area contributed by atoms with Crippen LogP contribution in [0.1, 0.15) is 5.56 Å². The number of aliphatic hydroxyl groups is 1. The number of rotatable bonds is 1. The van der Waals surface area contributed by atoms with Crippen LogP contribution in [0.15, 0.2) is 30.7 Å². The van der Waals surface area contributed by atoms with E-state index in [1.807, 2.05) is 6.20 Å². The van der Waals surface area contributed by atoms with Gasteiger partial charge in [0.2, 0.25) is 5.95 Å². The molecule has 20 heavy (non-hydrogen) atoms. The Labute approximate surface area is 114 Å². The summed E-state index contributed by atoms with van der Waals surface area (Å²) >= 11 is 0. The van der Waals surface area contributed by atoms with E-state index in [0.29, 0.717) is 11.3 Å². The summed E-state index contributed by atoms with van der Waals surface area (Å²) in [7, 11) is 0. The summed E-state index contributed by atoms with van der Waals surface area (Å²) in [5.41, 5.74) is 8.65. The lowest BCUT2D eigenvalue weighted by atomic mass is 10.1. The van der Waals surface area contributed by atoms with Crippen LogP contribution in [0.4, 0.5) is 5.95 Å². The molecule has 0 bridgehead atoms. The first-order chi connectivity index (χ1) is 9.79. The van der Waals surface area contributed by atoms with Crippen LogP contribution in [0, 0.1) is 11.8 Å². The number of nitrogen functional groups attached to an aromatic ring is 1. The Morgan fingerprint density at radius 3 is 2.90 bits per heavy atom. The van der Waals surface area contributed by atoms with E-state index < -0.39 is 0 Å². The van der Waals surface area contributed by atoms with Gasteiger partial charge in [-0.3, -0.25) is 0 Å². The first-order valence-electron chi connectivity index (χ1n) is 5.94. The van der Waals surface area contributed by atoms with Gasteiger partial charge in [-0.25, -0.2) is 15.0 Å². The molecule has 0 aromatic carbocycles. The average Bonchev–Trinajstić information content (AvgIpc) is 2.89. The van der Waals surface area contributed by atoms with Crippen molar-refractivity contribution in [2.24, 2.45) is 0 Å². The number of H-pyrrole nitrogens is 1. The monoisotopic (exact) mass is 265 g/mol. The Balaban J connectivity index is 2.26. The SMILES string of the molecule is Nc1nccc(-c2c[nH]c3nccc(C#CCO)c23)n1. The number of nitrogens with one attached hydrogen (secondary N) is 1. The van der Waals surface area contributed by atoms with Crippen molar-refractivity contribution in [3.63, 3.8) is 0 Å². The largest absolute Gasteiger partial charge is 0.384 e. The normalized spacial score (nSPS) is 10.2. The van der Waals surface area contributed by atoms with Crippen LogP contribution in [0.5, 0.6) is 0 Å². The molecular weight excluding hydrogens is 254 g/mol. The standard InChI is InChI=1S/C14H11N5O/c15-14-17-6-4-11(19-14)10-8-18-13-12(10)9(2-1-7-20)3-5-16-13/h3-6,8,20H,7H2,(H,16,18)(H2,15,17,19). The highest BCUT2D eigenvalue weighted by molar-refractivity contribution is 5.96. The second-order valence-corrected chi connectivity index (χ2v) is 4.04. The van der Waals surface area contributed by atoms with E-state index >= 15 is 0 Å². The molecule has 0 spiro atoms. The van der Waals surface area contributed by atoms with Gasteiger partial charge in [-0.15, -0.1) is 0 Å². The first kappa shape index (κ1) is 12.1. The maximum atomic E-state index is 8.84. The first-order valence-corrected chi connectivity index (χ1v) is 5.94. The van der Waals surface area contributed by atoms with E-state index in [-0.39, 0.29) is 12.6 Å². The molecule has 0 aliphatic heterocycles. The summed E-state index contributed by atoms with van der Waals surface area (Å²) in [5, 5.41) is 9.69. The molecule has 3 aromatic heterocycles. The predicted molar refractivity (Wildman–Crippen MR) is 75.5 cm³/mol. The Morgan fingerprint density at radius 2 is 2.10 bits per heavy atom. The van der Waals surface area contributed by atoms with Gasteiger partial charge in [0.1, 0.15) is 12.3 Å². The Bertz CT molecular complexity index is 828. The molecule has 6 heteroatoms. The lowest BCUT2D eigenvalue weighted by molar-refractivity contribution is 0.350. The molecule has 0 unspecified atom stereocenters. The molecule has 3 heterocycles. The van der Waals surface area contributed by atoms with Crippen molar-refractivity contribution >= 4 is 17.0 Å². The number of pyridine rings is 1. The maximum absolute atomic E-state index is 8.84. The second-order valence-electron chi connectivity index (χ2n) is 4.04. The molecule has 0 aliphatic carbocycles. The summed E-state index contributed by atoms with van der Waals surface area (Å²) in [6.07, 6.45) is 5.08. The molecule has 0 atom stereocenters. The zero-order valence-electron chi connectivity index (χ0n) is 10.5. The number of nitrogens with zero attached hydrogens (tertiary/aromatic N) is 3. The van der Waals surface area contributed by atoms with Crippen LogP contribution < -0.4 is 5.73 Å². The predicted octanol–water partition coefficient (Wildman–Crippen LogP) is 0.946. The van der Waals surface area contributed by atoms with Gasteiger partial charge < -0.3 is 15.8 Å². The molecule has 3 aromatic rings. The zero-order chi connectivity index (χ0) is 13.9. The number of hydrogen-bond acceptors (Lipinski definition) is 5. The fourth-order valence-electron chi connectivity index (χ4n) is 2.02. The summed E-state index contributed by atoms with van der Waals surface area (Å²) in [5.74, 6) is 5.77. The second kappa shape index (κ2) is 4.99. The quantitative estimate of drug-likeness (QED) is 0.569. The van der Waals surface area contributed by atoms with E-state index in [9.17, 15) is 0 Å². The van der Waals surface area contributed by atoms with Gasteiger partial charge in [0.25, 0.3) is 0 Å². The van der Waals surface area contributed by atoms with Crippen molar-refractivity contribution in [3.8, 4) is 23.1 Å². The van der Waals surface area contributed by atoms with Crippen molar-refractivity contribution in [3.05, 3.63) is 36.3 Å². The van der Waals surface area contributed by atoms with Crippen molar-refractivity contribution in [1.29, 1.82) is 0 Å². The highest BCUT2D eigenvalue weighted by atomic mass is 16.2. The van der Waals surface area contributed by atoms with E-state index in [4.69, 9.17) is 10.8 Å². The number of nitrogens with two attached hydrogens (primary N) is 1. The molecule has 0 fully saturated rings. The van der Waals surface area contributed by atoms with Crippen LogP contribution in [0.3, 0.4) is 0 Å². The number of anilines is 1. The average molecular weight is 265 g/mol. The van der Waals surface area contributed by atoms with Crippen LogP contribution in [0.25, 0.3) is 22.3 Å². The van der Waals surface area contributed by atoms with E-state index in [0.717, 1.165) is 16.5 Å². The molecule has 0 aliphatic rings. The highest BCUT2D eigenvalue weighted by Crippen LogP contribution is 2.28. The van der Waals surface area contributed by atoms with E-state index in [1.54, 1.807) is 24.5 Å². The third-order valence-corrected chi connectivity index (χ3v) is 2.83. The Morgan fingerprint density at radius 1 is 1.25 bits per heavy atom. The summed E-state index contributed by atoms with van der Waals surface area (Å²) in [6.45, 7) is -0.190. The van der Waals surface area contributed by atoms with Crippen LogP contribution in [-0.2, 0) is 0 Å². The van der Waals surface area contributed by atoms with E-state index in [2.05, 4.69) is 31.8 Å². The van der Waals surface area contributed by atoms with Gasteiger partial charge in [0, 0.05) is 35.1 Å². The third kappa shape index (κ3) is 2.06. The smallest absolute Gasteiger partial charge is 0.220 e. The number of fused-ring (bicyclic) bond motifs is 1. The molecule has 0 radical (unpaired) electrons. The van der Waals surface area contributed by atoms with Crippen molar-refractivity contribution in [1.82, 2.24) is 19.9 Å².